The van der Waals surface area contributed by atoms with Crippen LogP contribution >= 0.6 is 0 Å². The first-order valence-corrected chi connectivity index (χ1v) is 6.34. The van der Waals surface area contributed by atoms with Crippen molar-refractivity contribution in [2.24, 2.45) is 5.92 Å². The molecule has 0 aliphatic carbocycles. The predicted octanol–water partition coefficient (Wildman–Crippen LogP) is 3.58. The summed E-state index contributed by atoms with van der Waals surface area (Å²) < 4.78 is 5.22. The lowest BCUT2D eigenvalue weighted by atomic mass is 9.88. The van der Waals surface area contributed by atoms with Gasteiger partial charge in [0.15, 0.2) is 0 Å². The van der Waals surface area contributed by atoms with Crippen molar-refractivity contribution < 1.29 is 9.84 Å². The van der Waals surface area contributed by atoms with Gasteiger partial charge in [0.2, 0.25) is 0 Å². The Morgan fingerprint density at radius 3 is 2.33 bits per heavy atom. The van der Waals surface area contributed by atoms with E-state index >= 15 is 0 Å². The third-order valence-electron chi connectivity index (χ3n) is 3.50. The van der Waals surface area contributed by atoms with Gasteiger partial charge in [0.25, 0.3) is 0 Å². The summed E-state index contributed by atoms with van der Waals surface area (Å²) in [5.74, 6) is 1.51. The molecular weight excluding hydrogens is 224 g/mol. The number of benzene rings is 2. The molecule has 1 atom stereocenters. The lowest BCUT2D eigenvalue weighted by molar-refractivity contribution is 0.237. The maximum absolute atomic E-state index is 9.48. The van der Waals surface area contributed by atoms with E-state index in [-0.39, 0.29) is 12.5 Å². The summed E-state index contributed by atoms with van der Waals surface area (Å²) >= 11 is 0. The van der Waals surface area contributed by atoms with Crippen molar-refractivity contribution in [2.45, 2.75) is 19.8 Å². The third kappa shape index (κ3) is 2.49. The Labute approximate surface area is 108 Å². The van der Waals surface area contributed by atoms with Crippen LogP contribution in [0.25, 0.3) is 10.8 Å². The quantitative estimate of drug-likeness (QED) is 0.890. The largest absolute Gasteiger partial charge is 0.497 e. The van der Waals surface area contributed by atoms with Crippen LogP contribution in [0, 0.1) is 5.92 Å². The highest BCUT2D eigenvalue weighted by atomic mass is 16.5. The van der Waals surface area contributed by atoms with E-state index in [2.05, 4.69) is 38.1 Å². The van der Waals surface area contributed by atoms with Crippen LogP contribution < -0.4 is 4.74 Å². The van der Waals surface area contributed by atoms with Crippen LogP contribution in [0.2, 0.25) is 0 Å². The van der Waals surface area contributed by atoms with Gasteiger partial charge in [0.1, 0.15) is 5.75 Å². The maximum Gasteiger partial charge on any atom is 0.119 e. The number of aliphatic hydroxyl groups is 1. The standard InChI is InChI=1S/C16H20O2/c1-11(2)16(10-17)14-5-4-13-9-15(18-3)7-6-12(13)8-14/h4-9,11,16-17H,10H2,1-3H3. The Balaban J connectivity index is 2.44. The highest BCUT2D eigenvalue weighted by Crippen LogP contribution is 2.28. The molecule has 0 amide bonds. The molecule has 0 saturated carbocycles. The molecule has 0 aliphatic heterocycles. The van der Waals surface area contributed by atoms with Crippen molar-refractivity contribution in [1.29, 1.82) is 0 Å². The topological polar surface area (TPSA) is 29.5 Å². The van der Waals surface area contributed by atoms with Crippen LogP contribution in [0.5, 0.6) is 5.75 Å². The average Bonchev–Trinajstić information content (AvgIpc) is 2.38. The Morgan fingerprint density at radius 1 is 1.06 bits per heavy atom. The van der Waals surface area contributed by atoms with Crippen molar-refractivity contribution in [2.75, 3.05) is 13.7 Å². The van der Waals surface area contributed by atoms with Crippen molar-refractivity contribution in [3.8, 4) is 5.75 Å². The fourth-order valence-corrected chi connectivity index (χ4v) is 2.30. The highest BCUT2D eigenvalue weighted by molar-refractivity contribution is 5.84. The summed E-state index contributed by atoms with van der Waals surface area (Å²) in [5, 5.41) is 11.8. The SMILES string of the molecule is COc1ccc2cc(C(CO)C(C)C)ccc2c1. The number of hydrogen-bond acceptors (Lipinski definition) is 2. The summed E-state index contributed by atoms with van der Waals surface area (Å²) in [4.78, 5) is 0. The number of ether oxygens (including phenoxy) is 1. The zero-order valence-electron chi connectivity index (χ0n) is 11.2. The maximum atomic E-state index is 9.48. The van der Waals surface area contributed by atoms with Crippen molar-refractivity contribution in [1.82, 2.24) is 0 Å². The van der Waals surface area contributed by atoms with Gasteiger partial charge in [-0.2, -0.15) is 0 Å². The van der Waals surface area contributed by atoms with Gasteiger partial charge in [-0.05, 0) is 34.4 Å². The first-order valence-electron chi connectivity index (χ1n) is 6.34. The molecule has 0 fully saturated rings. The smallest absolute Gasteiger partial charge is 0.119 e. The lowest BCUT2D eigenvalue weighted by Crippen LogP contribution is -2.10. The molecule has 0 saturated heterocycles. The van der Waals surface area contributed by atoms with Crippen LogP contribution in [-0.4, -0.2) is 18.8 Å². The minimum absolute atomic E-state index is 0.194. The summed E-state index contributed by atoms with van der Waals surface area (Å²) in [5.41, 5.74) is 1.20. The molecule has 2 nitrogen and oxygen atoms in total. The second kappa shape index (κ2) is 5.40. The van der Waals surface area contributed by atoms with E-state index in [1.807, 2.05) is 12.1 Å². The minimum Gasteiger partial charge on any atom is -0.497 e. The normalized spacial score (nSPS) is 12.9. The Bertz CT molecular complexity index is 532. The molecule has 2 aromatic carbocycles. The predicted molar refractivity (Wildman–Crippen MR) is 75.2 cm³/mol. The van der Waals surface area contributed by atoms with Gasteiger partial charge < -0.3 is 9.84 Å². The number of methoxy groups -OCH3 is 1. The zero-order valence-corrected chi connectivity index (χ0v) is 11.2. The minimum atomic E-state index is 0.194. The van der Waals surface area contributed by atoms with Crippen molar-refractivity contribution >= 4 is 10.8 Å². The van der Waals surface area contributed by atoms with Crippen LogP contribution in [0.1, 0.15) is 25.3 Å². The molecule has 96 valence electrons. The highest BCUT2D eigenvalue weighted by Gasteiger charge is 2.14. The van der Waals surface area contributed by atoms with E-state index in [0.717, 1.165) is 5.75 Å². The molecule has 0 aromatic heterocycles. The average molecular weight is 244 g/mol. The Morgan fingerprint density at radius 2 is 1.72 bits per heavy atom. The zero-order chi connectivity index (χ0) is 13.1. The Hall–Kier alpha value is -1.54. The van der Waals surface area contributed by atoms with Gasteiger partial charge in [-0.25, -0.2) is 0 Å². The first-order chi connectivity index (χ1) is 8.65. The molecule has 2 heteroatoms. The van der Waals surface area contributed by atoms with Gasteiger partial charge in [0.05, 0.1) is 13.7 Å². The molecule has 0 bridgehead atoms. The van der Waals surface area contributed by atoms with E-state index < -0.39 is 0 Å². The van der Waals surface area contributed by atoms with Crippen molar-refractivity contribution in [3.05, 3.63) is 42.0 Å². The number of rotatable bonds is 4. The summed E-state index contributed by atoms with van der Waals surface area (Å²) in [7, 11) is 1.68. The molecule has 2 rings (SSSR count). The fraction of sp³-hybridized carbons (Fsp3) is 0.375. The molecule has 0 aliphatic rings. The molecule has 1 unspecified atom stereocenters. The van der Waals surface area contributed by atoms with Gasteiger partial charge in [0, 0.05) is 5.92 Å². The van der Waals surface area contributed by atoms with Gasteiger partial charge in [-0.3, -0.25) is 0 Å². The van der Waals surface area contributed by atoms with Gasteiger partial charge in [-0.1, -0.05) is 38.1 Å². The third-order valence-corrected chi connectivity index (χ3v) is 3.50. The van der Waals surface area contributed by atoms with E-state index in [9.17, 15) is 5.11 Å². The number of aliphatic hydroxyl groups excluding tert-OH is 1. The molecule has 18 heavy (non-hydrogen) atoms. The molecule has 0 heterocycles. The number of hydrogen-bond donors (Lipinski definition) is 1. The van der Waals surface area contributed by atoms with E-state index in [1.165, 1.54) is 16.3 Å². The second-order valence-electron chi connectivity index (χ2n) is 5.01. The molecule has 0 radical (unpaired) electrons. The van der Waals surface area contributed by atoms with Crippen molar-refractivity contribution in [3.63, 3.8) is 0 Å². The molecular formula is C16H20O2. The van der Waals surface area contributed by atoms with Crippen LogP contribution in [-0.2, 0) is 0 Å². The summed E-state index contributed by atoms with van der Waals surface area (Å²) in [6, 6.07) is 12.4. The molecule has 2 aromatic rings. The van der Waals surface area contributed by atoms with Crippen LogP contribution in [0.15, 0.2) is 36.4 Å². The fourth-order valence-electron chi connectivity index (χ4n) is 2.30. The molecule has 0 spiro atoms. The second-order valence-corrected chi connectivity index (χ2v) is 5.01. The van der Waals surface area contributed by atoms with Gasteiger partial charge in [-0.15, -0.1) is 0 Å². The van der Waals surface area contributed by atoms with E-state index in [1.54, 1.807) is 7.11 Å². The monoisotopic (exact) mass is 244 g/mol. The van der Waals surface area contributed by atoms with Crippen LogP contribution in [0.4, 0.5) is 0 Å². The van der Waals surface area contributed by atoms with Crippen LogP contribution in [0.3, 0.4) is 0 Å². The van der Waals surface area contributed by atoms with Gasteiger partial charge >= 0.3 is 0 Å². The van der Waals surface area contributed by atoms with E-state index in [4.69, 9.17) is 4.74 Å². The summed E-state index contributed by atoms with van der Waals surface area (Å²) in [6.07, 6.45) is 0. The van der Waals surface area contributed by atoms with E-state index in [0.29, 0.717) is 5.92 Å². The lowest BCUT2D eigenvalue weighted by Gasteiger charge is -2.19. The number of fused-ring (bicyclic) bond motifs is 1. The molecule has 1 N–H and O–H groups in total. The first kappa shape index (κ1) is 12.9. The summed E-state index contributed by atoms with van der Waals surface area (Å²) in [6.45, 7) is 4.47. The Kier molecular flexibility index (Phi) is 3.87.